The van der Waals surface area contributed by atoms with Crippen molar-refractivity contribution >= 4 is 22.8 Å². The van der Waals surface area contributed by atoms with Crippen LogP contribution in [0.1, 0.15) is 23.9 Å². The molecule has 1 aromatic heterocycles. The van der Waals surface area contributed by atoms with Crippen LogP contribution in [0.2, 0.25) is 0 Å². The van der Waals surface area contributed by atoms with Crippen molar-refractivity contribution in [2.45, 2.75) is 32.1 Å². The maximum Gasteiger partial charge on any atom is 0.147 e. The number of aromatic nitrogens is 2. The van der Waals surface area contributed by atoms with Gasteiger partial charge in [-0.2, -0.15) is 11.8 Å². The van der Waals surface area contributed by atoms with Crippen molar-refractivity contribution in [3.8, 4) is 5.75 Å². The summed E-state index contributed by atoms with van der Waals surface area (Å²) >= 11 is 1.89. The molecule has 3 aromatic rings. The van der Waals surface area contributed by atoms with E-state index < -0.39 is 0 Å². The number of hydrogen-bond acceptors (Lipinski definition) is 3. The molecule has 0 aliphatic rings. The first-order chi connectivity index (χ1) is 11.6. The van der Waals surface area contributed by atoms with Gasteiger partial charge >= 0.3 is 0 Å². The monoisotopic (exact) mass is 340 g/mol. The average Bonchev–Trinajstić information content (AvgIpc) is 2.90. The standard InChI is InChI=1S/C20H24N2OS/c1-14-5-10-18-19(11-14)22(3)20(21-18)13-23-17-8-6-16(7-9-17)12-15(2)24-4/h5-11,15H,12-13H2,1-4H3. The van der Waals surface area contributed by atoms with Gasteiger partial charge < -0.3 is 9.30 Å². The van der Waals surface area contributed by atoms with E-state index in [4.69, 9.17) is 4.74 Å². The Morgan fingerprint density at radius 2 is 1.92 bits per heavy atom. The number of aryl methyl sites for hydroxylation is 2. The molecule has 0 spiro atoms. The number of ether oxygens (including phenoxy) is 1. The Hall–Kier alpha value is -1.94. The first kappa shape index (κ1) is 16.9. The minimum Gasteiger partial charge on any atom is -0.486 e. The predicted octanol–water partition coefficient (Wildman–Crippen LogP) is 4.75. The number of thioether (sulfide) groups is 1. The van der Waals surface area contributed by atoms with Crippen molar-refractivity contribution in [3.63, 3.8) is 0 Å². The molecule has 0 bridgehead atoms. The second-order valence-electron chi connectivity index (χ2n) is 6.26. The van der Waals surface area contributed by atoms with Gasteiger partial charge in [0, 0.05) is 12.3 Å². The van der Waals surface area contributed by atoms with Crippen LogP contribution < -0.4 is 4.74 Å². The Bertz CT molecular complexity index is 824. The van der Waals surface area contributed by atoms with Crippen LogP contribution in [-0.2, 0) is 20.1 Å². The van der Waals surface area contributed by atoms with Crippen LogP contribution in [0.15, 0.2) is 42.5 Å². The molecule has 24 heavy (non-hydrogen) atoms. The number of rotatable bonds is 6. The summed E-state index contributed by atoms with van der Waals surface area (Å²) in [5.74, 6) is 1.83. The lowest BCUT2D eigenvalue weighted by Crippen LogP contribution is -2.04. The van der Waals surface area contributed by atoms with Gasteiger partial charge in [-0.1, -0.05) is 25.1 Å². The lowest BCUT2D eigenvalue weighted by molar-refractivity contribution is 0.292. The van der Waals surface area contributed by atoms with Crippen molar-refractivity contribution in [3.05, 3.63) is 59.4 Å². The largest absolute Gasteiger partial charge is 0.486 e. The summed E-state index contributed by atoms with van der Waals surface area (Å²) in [6.45, 7) is 4.83. The van der Waals surface area contributed by atoms with E-state index in [-0.39, 0.29) is 0 Å². The van der Waals surface area contributed by atoms with Crippen LogP contribution in [0.5, 0.6) is 5.75 Å². The van der Waals surface area contributed by atoms with Crippen LogP contribution in [-0.4, -0.2) is 21.1 Å². The zero-order valence-corrected chi connectivity index (χ0v) is 15.6. The predicted molar refractivity (Wildman–Crippen MR) is 103 cm³/mol. The van der Waals surface area contributed by atoms with Crippen LogP contribution in [0, 0.1) is 6.92 Å². The molecule has 0 N–H and O–H groups in total. The summed E-state index contributed by atoms with van der Waals surface area (Å²) in [7, 11) is 2.04. The van der Waals surface area contributed by atoms with Crippen LogP contribution in [0.25, 0.3) is 11.0 Å². The topological polar surface area (TPSA) is 27.1 Å². The first-order valence-corrected chi connectivity index (χ1v) is 9.52. The highest BCUT2D eigenvalue weighted by atomic mass is 32.2. The molecule has 3 nitrogen and oxygen atoms in total. The zero-order chi connectivity index (χ0) is 17.1. The van der Waals surface area contributed by atoms with Gasteiger partial charge in [0.1, 0.15) is 18.2 Å². The molecule has 3 rings (SSSR count). The number of fused-ring (bicyclic) bond motifs is 1. The van der Waals surface area contributed by atoms with Gasteiger partial charge in [0.2, 0.25) is 0 Å². The molecule has 126 valence electrons. The maximum absolute atomic E-state index is 5.93. The Balaban J connectivity index is 1.68. The molecule has 0 radical (unpaired) electrons. The molecule has 0 saturated heterocycles. The number of imidazole rings is 1. The van der Waals surface area contributed by atoms with Crippen molar-refractivity contribution in [1.82, 2.24) is 9.55 Å². The Kier molecular flexibility index (Phi) is 5.14. The highest BCUT2D eigenvalue weighted by Crippen LogP contribution is 2.20. The maximum atomic E-state index is 5.93. The molecule has 4 heteroatoms. The van der Waals surface area contributed by atoms with E-state index in [1.807, 2.05) is 18.8 Å². The Morgan fingerprint density at radius 3 is 2.62 bits per heavy atom. The molecule has 0 saturated carbocycles. The normalized spacial score (nSPS) is 12.5. The summed E-state index contributed by atoms with van der Waals surface area (Å²) in [4.78, 5) is 4.67. The average molecular weight is 340 g/mol. The molecule has 0 fully saturated rings. The third-order valence-corrected chi connectivity index (χ3v) is 5.32. The Morgan fingerprint density at radius 1 is 1.17 bits per heavy atom. The molecular weight excluding hydrogens is 316 g/mol. The lowest BCUT2D eigenvalue weighted by Gasteiger charge is -2.10. The molecule has 0 aliphatic carbocycles. The van der Waals surface area contributed by atoms with E-state index in [1.165, 1.54) is 11.1 Å². The number of nitrogens with zero attached hydrogens (tertiary/aromatic N) is 2. The fourth-order valence-corrected chi connectivity index (χ4v) is 3.12. The molecule has 1 atom stereocenters. The summed E-state index contributed by atoms with van der Waals surface area (Å²) in [5, 5.41) is 0.639. The lowest BCUT2D eigenvalue weighted by atomic mass is 10.1. The van der Waals surface area contributed by atoms with Crippen molar-refractivity contribution in [2.75, 3.05) is 6.26 Å². The van der Waals surface area contributed by atoms with E-state index >= 15 is 0 Å². The van der Waals surface area contributed by atoms with Gasteiger partial charge in [0.15, 0.2) is 0 Å². The minimum atomic E-state index is 0.477. The highest BCUT2D eigenvalue weighted by molar-refractivity contribution is 7.99. The van der Waals surface area contributed by atoms with Gasteiger partial charge in [-0.3, -0.25) is 0 Å². The van der Waals surface area contributed by atoms with E-state index in [1.54, 1.807) is 0 Å². The van der Waals surface area contributed by atoms with E-state index in [0.717, 1.165) is 29.0 Å². The summed E-state index contributed by atoms with van der Waals surface area (Å²) in [5.41, 5.74) is 4.76. The van der Waals surface area contributed by atoms with Gasteiger partial charge in [-0.15, -0.1) is 0 Å². The van der Waals surface area contributed by atoms with Crippen LogP contribution in [0.4, 0.5) is 0 Å². The summed E-state index contributed by atoms with van der Waals surface area (Å²) < 4.78 is 8.04. The third-order valence-electron chi connectivity index (χ3n) is 4.35. The quantitative estimate of drug-likeness (QED) is 0.648. The van der Waals surface area contributed by atoms with Gasteiger partial charge in [-0.05, 0) is 55.0 Å². The molecule has 2 aromatic carbocycles. The van der Waals surface area contributed by atoms with Crippen LogP contribution >= 0.6 is 11.8 Å². The summed E-state index contributed by atoms with van der Waals surface area (Å²) in [6, 6.07) is 14.7. The van der Waals surface area contributed by atoms with E-state index in [9.17, 15) is 0 Å². The smallest absolute Gasteiger partial charge is 0.147 e. The molecule has 0 amide bonds. The fraction of sp³-hybridized carbons (Fsp3) is 0.350. The second-order valence-corrected chi connectivity index (χ2v) is 7.54. The van der Waals surface area contributed by atoms with Crippen molar-refractivity contribution in [2.24, 2.45) is 7.05 Å². The highest BCUT2D eigenvalue weighted by Gasteiger charge is 2.09. The second kappa shape index (κ2) is 7.31. The Labute approximate surface area is 148 Å². The number of hydrogen-bond donors (Lipinski definition) is 0. The minimum absolute atomic E-state index is 0.477. The number of benzene rings is 2. The molecule has 0 aliphatic heterocycles. The van der Waals surface area contributed by atoms with Gasteiger partial charge in [-0.25, -0.2) is 4.98 Å². The summed E-state index contributed by atoms with van der Waals surface area (Å²) in [6.07, 6.45) is 3.24. The fourth-order valence-electron chi connectivity index (χ4n) is 2.76. The van der Waals surface area contributed by atoms with Crippen molar-refractivity contribution in [1.29, 1.82) is 0 Å². The first-order valence-electron chi connectivity index (χ1n) is 8.23. The van der Waals surface area contributed by atoms with Gasteiger partial charge in [0.25, 0.3) is 0 Å². The van der Waals surface area contributed by atoms with Gasteiger partial charge in [0.05, 0.1) is 11.0 Å². The molecule has 1 heterocycles. The van der Waals surface area contributed by atoms with Crippen LogP contribution in [0.3, 0.4) is 0 Å². The van der Waals surface area contributed by atoms with E-state index in [2.05, 4.69) is 72.1 Å². The molecular formula is C20H24N2OS. The zero-order valence-electron chi connectivity index (χ0n) is 14.7. The molecule has 1 unspecified atom stereocenters. The van der Waals surface area contributed by atoms with E-state index in [0.29, 0.717) is 11.9 Å². The SMILES string of the molecule is CSC(C)Cc1ccc(OCc2nc3ccc(C)cc3n2C)cc1. The van der Waals surface area contributed by atoms with Crippen molar-refractivity contribution < 1.29 is 4.74 Å². The third kappa shape index (κ3) is 3.75.